The molecular formula is C14H17N3O. The van der Waals surface area contributed by atoms with Crippen LogP contribution in [-0.2, 0) is 5.41 Å². The van der Waals surface area contributed by atoms with Gasteiger partial charge in [0, 0.05) is 16.7 Å². The molecule has 4 heteroatoms. The molecule has 1 fully saturated rings. The first-order valence-corrected chi connectivity index (χ1v) is 6.37. The Bertz CT molecular complexity index is 556. The molecule has 0 radical (unpaired) electrons. The van der Waals surface area contributed by atoms with Crippen LogP contribution in [0, 0.1) is 0 Å². The first-order chi connectivity index (χ1) is 8.67. The molecule has 0 bridgehead atoms. The lowest BCUT2D eigenvalue weighted by Crippen LogP contribution is -2.17. The van der Waals surface area contributed by atoms with Crippen molar-refractivity contribution < 1.29 is 4.52 Å². The number of nitrogens with two attached hydrogens (primary N) is 1. The molecular weight excluding hydrogens is 226 g/mol. The normalized spacial score (nSPS) is 18.1. The van der Waals surface area contributed by atoms with Crippen molar-refractivity contribution in [1.29, 1.82) is 0 Å². The van der Waals surface area contributed by atoms with Gasteiger partial charge in [-0.3, -0.25) is 0 Å². The second-order valence-corrected chi connectivity index (χ2v) is 5.32. The van der Waals surface area contributed by atoms with Crippen molar-refractivity contribution in [2.45, 2.75) is 38.0 Å². The number of nitrogens with zero attached hydrogens (tertiary/aromatic N) is 2. The van der Waals surface area contributed by atoms with E-state index in [1.54, 1.807) is 0 Å². The molecule has 1 heterocycles. The molecule has 0 spiro atoms. The number of hydrogen-bond donors (Lipinski definition) is 1. The van der Waals surface area contributed by atoms with E-state index >= 15 is 0 Å². The number of anilines is 1. The lowest BCUT2D eigenvalue weighted by molar-refractivity contribution is 0.296. The summed E-state index contributed by atoms with van der Waals surface area (Å²) in [5.74, 6) is 1.39. The summed E-state index contributed by atoms with van der Waals surface area (Å²) >= 11 is 0. The van der Waals surface area contributed by atoms with Crippen LogP contribution in [0.3, 0.4) is 0 Å². The summed E-state index contributed by atoms with van der Waals surface area (Å²) in [5.41, 5.74) is 7.45. The highest BCUT2D eigenvalue weighted by molar-refractivity contribution is 5.60. The minimum Gasteiger partial charge on any atom is -0.399 e. The van der Waals surface area contributed by atoms with Gasteiger partial charge in [-0.15, -0.1) is 0 Å². The zero-order chi connectivity index (χ0) is 12.6. The lowest BCUT2D eigenvalue weighted by atomic mass is 9.89. The summed E-state index contributed by atoms with van der Waals surface area (Å²) in [6.45, 7) is 2.21. The number of hydrogen-bond acceptors (Lipinski definition) is 4. The fourth-order valence-corrected chi connectivity index (χ4v) is 2.63. The Morgan fingerprint density at radius 3 is 2.78 bits per heavy atom. The van der Waals surface area contributed by atoms with E-state index in [1.807, 2.05) is 24.3 Å². The second kappa shape index (κ2) is 4.12. The van der Waals surface area contributed by atoms with Crippen LogP contribution in [0.4, 0.5) is 5.69 Å². The third-order valence-corrected chi connectivity index (χ3v) is 3.79. The smallest absolute Gasteiger partial charge is 0.232 e. The number of aromatic nitrogens is 2. The molecule has 2 aromatic rings. The van der Waals surface area contributed by atoms with Crippen molar-refractivity contribution in [3.63, 3.8) is 0 Å². The van der Waals surface area contributed by atoms with Gasteiger partial charge in [0.15, 0.2) is 0 Å². The molecule has 3 rings (SSSR count). The molecule has 0 aliphatic heterocycles. The molecule has 0 unspecified atom stereocenters. The molecule has 0 amide bonds. The van der Waals surface area contributed by atoms with Gasteiger partial charge < -0.3 is 10.3 Å². The van der Waals surface area contributed by atoms with Gasteiger partial charge in [0.2, 0.25) is 11.7 Å². The van der Waals surface area contributed by atoms with Crippen LogP contribution in [0.1, 0.15) is 38.5 Å². The minimum atomic E-state index is 0.0611. The quantitative estimate of drug-likeness (QED) is 0.823. The number of nitrogen functional groups attached to an aromatic ring is 1. The van der Waals surface area contributed by atoms with Gasteiger partial charge in [-0.1, -0.05) is 37.1 Å². The van der Waals surface area contributed by atoms with Crippen molar-refractivity contribution in [3.05, 3.63) is 30.2 Å². The maximum absolute atomic E-state index is 5.76. The number of benzene rings is 1. The molecule has 1 saturated carbocycles. The predicted octanol–water partition coefficient (Wildman–Crippen LogP) is 3.15. The van der Waals surface area contributed by atoms with E-state index < -0.39 is 0 Å². The van der Waals surface area contributed by atoms with E-state index in [0.717, 1.165) is 24.3 Å². The first kappa shape index (κ1) is 11.3. The van der Waals surface area contributed by atoms with Crippen molar-refractivity contribution in [1.82, 2.24) is 10.1 Å². The second-order valence-electron chi connectivity index (χ2n) is 5.32. The van der Waals surface area contributed by atoms with Crippen molar-refractivity contribution in [2.75, 3.05) is 5.73 Å². The van der Waals surface area contributed by atoms with Crippen LogP contribution in [0.2, 0.25) is 0 Å². The highest BCUT2D eigenvalue weighted by Gasteiger charge is 2.36. The van der Waals surface area contributed by atoms with Crippen molar-refractivity contribution in [3.8, 4) is 11.4 Å². The highest BCUT2D eigenvalue weighted by atomic mass is 16.5. The molecule has 1 aliphatic rings. The Balaban J connectivity index is 1.94. The molecule has 94 valence electrons. The Kier molecular flexibility index (Phi) is 2.58. The first-order valence-electron chi connectivity index (χ1n) is 6.37. The molecule has 18 heavy (non-hydrogen) atoms. The number of rotatable bonds is 2. The van der Waals surface area contributed by atoms with E-state index in [1.165, 1.54) is 12.8 Å². The Morgan fingerprint density at radius 1 is 1.28 bits per heavy atom. The van der Waals surface area contributed by atoms with E-state index in [2.05, 4.69) is 17.1 Å². The van der Waals surface area contributed by atoms with Gasteiger partial charge in [0.25, 0.3) is 0 Å². The van der Waals surface area contributed by atoms with Crippen molar-refractivity contribution >= 4 is 5.69 Å². The largest absolute Gasteiger partial charge is 0.399 e. The molecule has 0 saturated heterocycles. The summed E-state index contributed by atoms with van der Waals surface area (Å²) in [7, 11) is 0. The fraction of sp³-hybridized carbons (Fsp3) is 0.429. The van der Waals surface area contributed by atoms with Crippen LogP contribution >= 0.6 is 0 Å². The summed E-state index contributed by atoms with van der Waals surface area (Å²) in [4.78, 5) is 4.54. The zero-order valence-electron chi connectivity index (χ0n) is 10.5. The van der Waals surface area contributed by atoms with Crippen LogP contribution in [0.25, 0.3) is 11.4 Å². The SMILES string of the molecule is CC1(c2nc(-c3cccc(N)c3)no2)CCCC1. The predicted molar refractivity (Wildman–Crippen MR) is 70.0 cm³/mol. The van der Waals surface area contributed by atoms with Crippen LogP contribution < -0.4 is 5.73 Å². The van der Waals surface area contributed by atoms with E-state index in [9.17, 15) is 0 Å². The van der Waals surface area contributed by atoms with E-state index in [-0.39, 0.29) is 5.41 Å². The topological polar surface area (TPSA) is 64.9 Å². The molecule has 1 aliphatic carbocycles. The summed E-state index contributed by atoms with van der Waals surface area (Å²) in [6.07, 6.45) is 4.75. The van der Waals surface area contributed by atoms with E-state index in [0.29, 0.717) is 11.5 Å². The maximum atomic E-state index is 5.76. The van der Waals surface area contributed by atoms with Gasteiger partial charge >= 0.3 is 0 Å². The minimum absolute atomic E-state index is 0.0611. The summed E-state index contributed by atoms with van der Waals surface area (Å²) < 4.78 is 5.44. The third kappa shape index (κ3) is 1.88. The van der Waals surface area contributed by atoms with Gasteiger partial charge in [-0.25, -0.2) is 0 Å². The molecule has 1 aromatic heterocycles. The fourth-order valence-electron chi connectivity index (χ4n) is 2.63. The van der Waals surface area contributed by atoms with Crippen LogP contribution in [0.15, 0.2) is 28.8 Å². The molecule has 1 aromatic carbocycles. The van der Waals surface area contributed by atoms with Crippen LogP contribution in [-0.4, -0.2) is 10.1 Å². The van der Waals surface area contributed by atoms with Gasteiger partial charge in [0.1, 0.15) is 0 Å². The summed E-state index contributed by atoms with van der Waals surface area (Å²) in [6, 6.07) is 7.56. The standard InChI is InChI=1S/C14H17N3O/c1-14(7-2-3-8-14)13-16-12(17-18-13)10-5-4-6-11(15)9-10/h4-6,9H,2-3,7-8,15H2,1H3. The molecule has 0 atom stereocenters. The van der Waals surface area contributed by atoms with Gasteiger partial charge in [-0.2, -0.15) is 4.98 Å². The van der Waals surface area contributed by atoms with Crippen molar-refractivity contribution in [2.24, 2.45) is 0 Å². The van der Waals surface area contributed by atoms with E-state index in [4.69, 9.17) is 10.3 Å². The molecule has 4 nitrogen and oxygen atoms in total. The Morgan fingerprint density at radius 2 is 2.06 bits per heavy atom. The Hall–Kier alpha value is -1.84. The van der Waals surface area contributed by atoms with Gasteiger partial charge in [0.05, 0.1) is 0 Å². The average Bonchev–Trinajstić information content (AvgIpc) is 2.98. The maximum Gasteiger partial charge on any atom is 0.232 e. The average molecular weight is 243 g/mol. The Labute approximate surface area is 106 Å². The molecule has 2 N–H and O–H groups in total. The highest BCUT2D eigenvalue weighted by Crippen LogP contribution is 2.40. The third-order valence-electron chi connectivity index (χ3n) is 3.79. The summed E-state index contributed by atoms with van der Waals surface area (Å²) in [5, 5.41) is 4.08. The monoisotopic (exact) mass is 243 g/mol. The van der Waals surface area contributed by atoms with Gasteiger partial charge in [-0.05, 0) is 25.0 Å². The zero-order valence-corrected chi connectivity index (χ0v) is 10.5. The lowest BCUT2D eigenvalue weighted by Gasteiger charge is -2.16. The van der Waals surface area contributed by atoms with Crippen LogP contribution in [0.5, 0.6) is 0 Å².